The standard InChI is InChI=1S/C26H24ClFN4O3/c1-35-22-7-4-5-18(15-22)13-14-29-24(33)17-32-26(34)31(16-20-6-2-3-8-23(20)28)25(30-32)19-9-11-21(27)12-10-19/h2-12,15H,13-14,16-17H2,1H3,(H,29,33). The van der Waals surface area contributed by atoms with Gasteiger partial charge < -0.3 is 10.1 Å². The fourth-order valence-electron chi connectivity index (χ4n) is 3.66. The van der Waals surface area contributed by atoms with Gasteiger partial charge in [0.1, 0.15) is 18.1 Å². The van der Waals surface area contributed by atoms with Gasteiger partial charge in [0.15, 0.2) is 5.82 Å². The summed E-state index contributed by atoms with van der Waals surface area (Å²) in [5.41, 5.74) is 1.47. The summed E-state index contributed by atoms with van der Waals surface area (Å²) in [4.78, 5) is 25.7. The van der Waals surface area contributed by atoms with Crippen molar-refractivity contribution in [1.82, 2.24) is 19.7 Å². The number of hydrogen-bond donors (Lipinski definition) is 1. The SMILES string of the molecule is COc1cccc(CCNC(=O)Cn2nc(-c3ccc(Cl)cc3)n(Cc3ccccc3F)c2=O)c1. The summed E-state index contributed by atoms with van der Waals surface area (Å²) >= 11 is 6.00. The molecule has 0 aliphatic heterocycles. The van der Waals surface area contributed by atoms with Crippen molar-refractivity contribution in [3.63, 3.8) is 0 Å². The molecule has 1 aromatic heterocycles. The quantitative estimate of drug-likeness (QED) is 0.382. The van der Waals surface area contributed by atoms with Crippen LogP contribution in [0.25, 0.3) is 11.4 Å². The molecule has 4 rings (SSSR count). The molecule has 0 bridgehead atoms. The first-order valence-corrected chi connectivity index (χ1v) is 11.4. The highest BCUT2D eigenvalue weighted by atomic mass is 35.5. The maximum absolute atomic E-state index is 14.3. The highest BCUT2D eigenvalue weighted by molar-refractivity contribution is 6.30. The van der Waals surface area contributed by atoms with Crippen molar-refractivity contribution in [3.05, 3.63) is 105 Å². The third-order valence-corrected chi connectivity index (χ3v) is 5.73. The number of hydrogen-bond acceptors (Lipinski definition) is 4. The molecule has 1 N–H and O–H groups in total. The molecule has 0 saturated heterocycles. The number of halogens is 2. The van der Waals surface area contributed by atoms with Gasteiger partial charge in [-0.25, -0.2) is 13.9 Å². The third kappa shape index (κ3) is 5.96. The van der Waals surface area contributed by atoms with Crippen LogP contribution in [0.3, 0.4) is 0 Å². The molecule has 1 amide bonds. The predicted octanol–water partition coefficient (Wildman–Crippen LogP) is 3.92. The summed E-state index contributed by atoms with van der Waals surface area (Å²) in [7, 11) is 1.60. The van der Waals surface area contributed by atoms with Crippen molar-refractivity contribution in [1.29, 1.82) is 0 Å². The van der Waals surface area contributed by atoms with Crippen molar-refractivity contribution >= 4 is 17.5 Å². The van der Waals surface area contributed by atoms with Crippen molar-refractivity contribution < 1.29 is 13.9 Å². The van der Waals surface area contributed by atoms with E-state index in [4.69, 9.17) is 16.3 Å². The summed E-state index contributed by atoms with van der Waals surface area (Å²) in [5, 5.41) is 7.74. The number of rotatable bonds is 9. The topological polar surface area (TPSA) is 78.2 Å². The van der Waals surface area contributed by atoms with E-state index in [0.717, 1.165) is 16.0 Å². The molecule has 3 aromatic carbocycles. The Bertz CT molecular complexity index is 1380. The van der Waals surface area contributed by atoms with Gasteiger partial charge in [0.05, 0.1) is 13.7 Å². The van der Waals surface area contributed by atoms with Gasteiger partial charge in [0, 0.05) is 22.7 Å². The lowest BCUT2D eigenvalue weighted by Crippen LogP contribution is -2.34. The van der Waals surface area contributed by atoms with Crippen LogP contribution in [0.15, 0.2) is 77.6 Å². The minimum atomic E-state index is -0.513. The normalized spacial score (nSPS) is 10.8. The second-order valence-corrected chi connectivity index (χ2v) is 8.34. The largest absolute Gasteiger partial charge is 0.497 e. The van der Waals surface area contributed by atoms with E-state index in [1.54, 1.807) is 49.6 Å². The van der Waals surface area contributed by atoms with Gasteiger partial charge in [-0.3, -0.25) is 9.36 Å². The molecule has 0 aliphatic carbocycles. The fourth-order valence-corrected chi connectivity index (χ4v) is 3.79. The van der Waals surface area contributed by atoms with E-state index in [2.05, 4.69) is 10.4 Å². The summed E-state index contributed by atoms with van der Waals surface area (Å²) in [6.45, 7) is 0.101. The Morgan fingerprint density at radius 2 is 1.86 bits per heavy atom. The Morgan fingerprint density at radius 3 is 2.60 bits per heavy atom. The Kier molecular flexibility index (Phi) is 7.62. The number of ether oxygens (including phenoxy) is 1. The number of amides is 1. The summed E-state index contributed by atoms with van der Waals surface area (Å²) in [6, 6.07) is 20.6. The molecule has 1 heterocycles. The molecule has 0 radical (unpaired) electrons. The molecule has 9 heteroatoms. The first kappa shape index (κ1) is 24.2. The fraction of sp³-hybridized carbons (Fsp3) is 0.192. The van der Waals surface area contributed by atoms with Gasteiger partial charge in [-0.1, -0.05) is 41.9 Å². The summed E-state index contributed by atoms with van der Waals surface area (Å²) < 4.78 is 22.0. The van der Waals surface area contributed by atoms with E-state index in [9.17, 15) is 14.0 Å². The van der Waals surface area contributed by atoms with Crippen LogP contribution in [0.1, 0.15) is 11.1 Å². The van der Waals surface area contributed by atoms with Crippen LogP contribution in [-0.2, 0) is 24.3 Å². The Hall–Kier alpha value is -3.91. The minimum absolute atomic E-state index is 0.0269. The predicted molar refractivity (Wildman–Crippen MR) is 132 cm³/mol. The maximum Gasteiger partial charge on any atom is 0.347 e. The van der Waals surface area contributed by atoms with Crippen LogP contribution < -0.4 is 15.7 Å². The van der Waals surface area contributed by atoms with Crippen LogP contribution >= 0.6 is 11.6 Å². The lowest BCUT2D eigenvalue weighted by Gasteiger charge is -2.07. The molecule has 7 nitrogen and oxygen atoms in total. The van der Waals surface area contributed by atoms with E-state index < -0.39 is 11.5 Å². The summed E-state index contributed by atoms with van der Waals surface area (Å²) in [5.74, 6) is 0.285. The highest BCUT2D eigenvalue weighted by Gasteiger charge is 2.18. The van der Waals surface area contributed by atoms with Crippen LogP contribution in [0.2, 0.25) is 5.02 Å². The Labute approximate surface area is 206 Å². The molecule has 0 saturated carbocycles. The van der Waals surface area contributed by atoms with Gasteiger partial charge in [0.2, 0.25) is 5.91 Å². The Balaban J connectivity index is 1.53. The van der Waals surface area contributed by atoms with Gasteiger partial charge in [-0.15, -0.1) is 5.10 Å². The lowest BCUT2D eigenvalue weighted by atomic mass is 10.1. The minimum Gasteiger partial charge on any atom is -0.497 e. The Morgan fingerprint density at radius 1 is 1.09 bits per heavy atom. The average Bonchev–Trinajstić information content (AvgIpc) is 3.16. The number of aromatic nitrogens is 3. The highest BCUT2D eigenvalue weighted by Crippen LogP contribution is 2.20. The van der Waals surface area contributed by atoms with Gasteiger partial charge in [-0.2, -0.15) is 0 Å². The number of methoxy groups -OCH3 is 1. The van der Waals surface area contributed by atoms with Crippen molar-refractivity contribution in [2.75, 3.05) is 13.7 Å². The zero-order valence-corrected chi connectivity index (χ0v) is 19.8. The molecule has 35 heavy (non-hydrogen) atoms. The second kappa shape index (κ2) is 11.0. The first-order valence-electron chi connectivity index (χ1n) is 11.0. The molecule has 4 aromatic rings. The molecule has 0 fully saturated rings. The van der Waals surface area contributed by atoms with E-state index >= 15 is 0 Å². The van der Waals surface area contributed by atoms with Crippen LogP contribution in [-0.4, -0.2) is 33.9 Å². The third-order valence-electron chi connectivity index (χ3n) is 5.47. The van der Waals surface area contributed by atoms with Gasteiger partial charge in [0.25, 0.3) is 0 Å². The number of nitrogens with one attached hydrogen (secondary N) is 1. The van der Waals surface area contributed by atoms with E-state index in [1.165, 1.54) is 10.6 Å². The molecule has 0 spiro atoms. The molecular weight excluding hydrogens is 471 g/mol. The second-order valence-electron chi connectivity index (χ2n) is 7.90. The molecular formula is C26H24ClFN4O3. The lowest BCUT2D eigenvalue weighted by molar-refractivity contribution is -0.121. The van der Waals surface area contributed by atoms with Gasteiger partial charge in [-0.05, 0) is 54.4 Å². The molecule has 180 valence electrons. The maximum atomic E-state index is 14.3. The number of nitrogens with zero attached hydrogens (tertiary/aromatic N) is 3. The van der Waals surface area contributed by atoms with E-state index in [0.29, 0.717) is 34.9 Å². The molecule has 0 unspecified atom stereocenters. The molecule has 0 aliphatic rings. The summed E-state index contributed by atoms with van der Waals surface area (Å²) in [6.07, 6.45) is 0.607. The van der Waals surface area contributed by atoms with Crippen molar-refractivity contribution in [3.8, 4) is 17.1 Å². The van der Waals surface area contributed by atoms with Crippen LogP contribution in [0.4, 0.5) is 4.39 Å². The first-order chi connectivity index (χ1) is 16.9. The van der Waals surface area contributed by atoms with Crippen LogP contribution in [0, 0.1) is 5.82 Å². The van der Waals surface area contributed by atoms with Crippen molar-refractivity contribution in [2.45, 2.75) is 19.5 Å². The zero-order valence-electron chi connectivity index (χ0n) is 19.1. The van der Waals surface area contributed by atoms with Gasteiger partial charge >= 0.3 is 5.69 Å². The monoisotopic (exact) mass is 494 g/mol. The smallest absolute Gasteiger partial charge is 0.347 e. The van der Waals surface area contributed by atoms with Crippen molar-refractivity contribution in [2.24, 2.45) is 0 Å². The zero-order chi connectivity index (χ0) is 24.8. The molecule has 0 atom stereocenters. The average molecular weight is 495 g/mol. The number of benzene rings is 3. The number of carbonyl (C=O) groups excluding carboxylic acids is 1. The van der Waals surface area contributed by atoms with E-state index in [1.807, 2.05) is 24.3 Å². The number of carbonyl (C=O) groups is 1. The van der Waals surface area contributed by atoms with Crippen LogP contribution in [0.5, 0.6) is 5.75 Å². The van der Waals surface area contributed by atoms with E-state index in [-0.39, 0.29) is 19.0 Å².